The maximum Gasteiger partial charge on any atom is 0.242 e. The van der Waals surface area contributed by atoms with E-state index in [1.807, 2.05) is 0 Å². The minimum absolute atomic E-state index is 0.121. The lowest BCUT2D eigenvalue weighted by atomic mass is 9.99. The van der Waals surface area contributed by atoms with E-state index in [0.717, 1.165) is 19.3 Å². The van der Waals surface area contributed by atoms with Crippen molar-refractivity contribution >= 4 is 5.91 Å². The highest BCUT2D eigenvalue weighted by atomic mass is 16.5. The molecule has 1 amide bonds. The average Bonchev–Trinajstić information content (AvgIpc) is 2.66. The zero-order chi connectivity index (χ0) is 11.1. The first kappa shape index (κ1) is 12.4. The number of unbranched alkanes of at least 4 members (excludes halogenated alkanes) is 2. The molecule has 0 saturated carbocycles. The molecule has 1 aliphatic rings. The predicted octanol–water partition coefficient (Wildman–Crippen LogP) is -0.617. The molecule has 5 nitrogen and oxygen atoms in total. The van der Waals surface area contributed by atoms with Gasteiger partial charge in [0.05, 0.1) is 6.61 Å². The molecule has 5 heteroatoms. The molecule has 0 aliphatic carbocycles. The topological polar surface area (TPSA) is 84.6 Å². The van der Waals surface area contributed by atoms with Crippen molar-refractivity contribution in [3.05, 3.63) is 0 Å². The fraction of sp³-hybridized carbons (Fsp3) is 0.900. The van der Waals surface area contributed by atoms with Crippen LogP contribution in [0.2, 0.25) is 0 Å². The number of hydrogen-bond acceptors (Lipinski definition) is 4. The van der Waals surface area contributed by atoms with E-state index in [2.05, 4.69) is 5.32 Å². The van der Waals surface area contributed by atoms with Crippen molar-refractivity contribution in [1.82, 2.24) is 5.32 Å². The van der Waals surface area contributed by atoms with Crippen LogP contribution in [0.5, 0.6) is 0 Å². The summed E-state index contributed by atoms with van der Waals surface area (Å²) in [5.74, 6) is -0.121. The predicted molar refractivity (Wildman–Crippen MR) is 56.3 cm³/mol. The third-order valence-electron chi connectivity index (χ3n) is 2.62. The monoisotopic (exact) mass is 216 g/mol. The van der Waals surface area contributed by atoms with Crippen LogP contribution < -0.4 is 11.1 Å². The zero-order valence-corrected chi connectivity index (χ0v) is 9.00. The maximum absolute atomic E-state index is 11.6. The Balaban J connectivity index is 2.12. The number of rotatable bonds is 6. The summed E-state index contributed by atoms with van der Waals surface area (Å²) < 4.78 is 5.11. The van der Waals surface area contributed by atoms with Crippen LogP contribution in [0.1, 0.15) is 25.7 Å². The molecule has 0 aromatic heterocycles. The molecule has 1 rings (SSSR count). The molecular formula is C10H20N2O3. The number of ether oxygens (including phenoxy) is 1. The number of aliphatic hydroxyl groups is 1. The Kier molecular flexibility index (Phi) is 5.01. The molecule has 1 unspecified atom stereocenters. The van der Waals surface area contributed by atoms with Crippen LogP contribution in [0.15, 0.2) is 0 Å². The fourth-order valence-corrected chi connectivity index (χ4v) is 1.55. The van der Waals surface area contributed by atoms with Gasteiger partial charge in [0.1, 0.15) is 5.54 Å². The second kappa shape index (κ2) is 6.05. The first-order valence-corrected chi connectivity index (χ1v) is 5.45. The lowest BCUT2D eigenvalue weighted by Gasteiger charge is -2.20. The minimum Gasteiger partial charge on any atom is -0.396 e. The Morgan fingerprint density at radius 2 is 2.27 bits per heavy atom. The number of nitrogens with two attached hydrogens (primary N) is 1. The lowest BCUT2D eigenvalue weighted by molar-refractivity contribution is -0.126. The summed E-state index contributed by atoms with van der Waals surface area (Å²) in [5.41, 5.74) is 5.04. The molecule has 15 heavy (non-hydrogen) atoms. The third kappa shape index (κ3) is 3.77. The first-order chi connectivity index (χ1) is 7.19. The molecule has 0 radical (unpaired) electrons. The molecule has 1 heterocycles. The van der Waals surface area contributed by atoms with Crippen LogP contribution in [0.3, 0.4) is 0 Å². The highest BCUT2D eigenvalue weighted by Crippen LogP contribution is 2.15. The van der Waals surface area contributed by atoms with Crippen molar-refractivity contribution in [3.8, 4) is 0 Å². The third-order valence-corrected chi connectivity index (χ3v) is 2.62. The summed E-state index contributed by atoms with van der Waals surface area (Å²) in [5, 5.41) is 11.4. The molecule has 0 bridgehead atoms. The summed E-state index contributed by atoms with van der Waals surface area (Å²) >= 11 is 0. The second-order valence-electron chi connectivity index (χ2n) is 4.00. The molecule has 1 fully saturated rings. The molecule has 0 aromatic carbocycles. The molecule has 88 valence electrons. The smallest absolute Gasteiger partial charge is 0.242 e. The Morgan fingerprint density at radius 1 is 1.47 bits per heavy atom. The Hall–Kier alpha value is -0.650. The van der Waals surface area contributed by atoms with Gasteiger partial charge < -0.3 is 20.9 Å². The molecule has 1 aliphatic heterocycles. The van der Waals surface area contributed by atoms with Crippen molar-refractivity contribution in [1.29, 1.82) is 0 Å². The van der Waals surface area contributed by atoms with Crippen LogP contribution >= 0.6 is 0 Å². The van der Waals surface area contributed by atoms with E-state index >= 15 is 0 Å². The van der Waals surface area contributed by atoms with Gasteiger partial charge in [-0.05, 0) is 25.7 Å². The summed E-state index contributed by atoms with van der Waals surface area (Å²) in [6, 6.07) is 0. The van der Waals surface area contributed by atoms with Crippen molar-refractivity contribution in [2.45, 2.75) is 31.2 Å². The van der Waals surface area contributed by atoms with Gasteiger partial charge in [-0.15, -0.1) is 0 Å². The van der Waals surface area contributed by atoms with E-state index in [-0.39, 0.29) is 12.5 Å². The molecule has 0 spiro atoms. The Bertz CT molecular complexity index is 203. The average molecular weight is 216 g/mol. The summed E-state index contributed by atoms with van der Waals surface area (Å²) in [4.78, 5) is 11.6. The van der Waals surface area contributed by atoms with Gasteiger partial charge >= 0.3 is 0 Å². The van der Waals surface area contributed by atoms with E-state index < -0.39 is 5.54 Å². The van der Waals surface area contributed by atoms with Gasteiger partial charge in [-0.3, -0.25) is 4.79 Å². The minimum atomic E-state index is -0.822. The lowest BCUT2D eigenvalue weighted by Crippen LogP contribution is -2.54. The van der Waals surface area contributed by atoms with Crippen molar-refractivity contribution < 1.29 is 14.6 Å². The van der Waals surface area contributed by atoms with Crippen LogP contribution in [-0.4, -0.2) is 42.9 Å². The van der Waals surface area contributed by atoms with Crippen molar-refractivity contribution in [2.75, 3.05) is 26.4 Å². The van der Waals surface area contributed by atoms with E-state index in [1.54, 1.807) is 0 Å². The highest BCUT2D eigenvalue weighted by Gasteiger charge is 2.37. The quantitative estimate of drug-likeness (QED) is 0.517. The van der Waals surface area contributed by atoms with Gasteiger partial charge in [0.2, 0.25) is 5.91 Å². The number of carbonyl (C=O) groups excluding carboxylic acids is 1. The summed E-state index contributed by atoms with van der Waals surface area (Å²) in [6.45, 7) is 1.71. The number of aliphatic hydroxyl groups excluding tert-OH is 1. The Labute approximate surface area is 90.0 Å². The fourth-order valence-electron chi connectivity index (χ4n) is 1.55. The van der Waals surface area contributed by atoms with E-state index in [1.165, 1.54) is 0 Å². The molecule has 1 saturated heterocycles. The van der Waals surface area contributed by atoms with Gasteiger partial charge in [-0.25, -0.2) is 0 Å². The van der Waals surface area contributed by atoms with Crippen LogP contribution in [0.25, 0.3) is 0 Å². The van der Waals surface area contributed by atoms with Gasteiger partial charge in [-0.1, -0.05) is 0 Å². The van der Waals surface area contributed by atoms with E-state index in [0.29, 0.717) is 26.2 Å². The van der Waals surface area contributed by atoms with Gasteiger partial charge in [0.25, 0.3) is 0 Å². The molecule has 0 aromatic rings. The van der Waals surface area contributed by atoms with Gasteiger partial charge in [0, 0.05) is 19.8 Å². The standard InChI is InChI=1S/C10H20N2O3/c11-10(4-7-15-8-10)9(14)12-5-2-1-3-6-13/h13H,1-8,11H2,(H,12,14). The largest absolute Gasteiger partial charge is 0.396 e. The highest BCUT2D eigenvalue weighted by molar-refractivity contribution is 5.86. The van der Waals surface area contributed by atoms with Crippen molar-refractivity contribution in [2.24, 2.45) is 5.73 Å². The SMILES string of the molecule is NC1(C(=O)NCCCCCO)CCOC1. The molecule has 4 N–H and O–H groups in total. The first-order valence-electron chi connectivity index (χ1n) is 5.45. The van der Waals surface area contributed by atoms with Gasteiger partial charge in [0.15, 0.2) is 0 Å². The van der Waals surface area contributed by atoms with Crippen LogP contribution in [0, 0.1) is 0 Å². The van der Waals surface area contributed by atoms with Crippen LogP contribution in [0.4, 0.5) is 0 Å². The Morgan fingerprint density at radius 3 is 2.87 bits per heavy atom. The summed E-state index contributed by atoms with van der Waals surface area (Å²) in [7, 11) is 0. The van der Waals surface area contributed by atoms with E-state index in [9.17, 15) is 4.79 Å². The maximum atomic E-state index is 11.6. The number of carbonyl (C=O) groups is 1. The van der Waals surface area contributed by atoms with Gasteiger partial charge in [-0.2, -0.15) is 0 Å². The van der Waals surface area contributed by atoms with Crippen molar-refractivity contribution in [3.63, 3.8) is 0 Å². The second-order valence-corrected chi connectivity index (χ2v) is 4.00. The zero-order valence-electron chi connectivity index (χ0n) is 9.00. The van der Waals surface area contributed by atoms with Crippen LogP contribution in [-0.2, 0) is 9.53 Å². The normalized spacial score (nSPS) is 25.5. The summed E-state index contributed by atoms with van der Waals surface area (Å²) in [6.07, 6.45) is 3.18. The molecular weight excluding hydrogens is 196 g/mol. The number of nitrogens with one attached hydrogen (secondary N) is 1. The number of hydrogen-bond donors (Lipinski definition) is 3. The number of amides is 1. The van der Waals surface area contributed by atoms with E-state index in [4.69, 9.17) is 15.6 Å². The molecule has 1 atom stereocenters.